The molecule has 1 nitrogen and oxygen atoms in total. The molecule has 3 aliphatic carbocycles. The molecule has 0 spiro atoms. The van der Waals surface area contributed by atoms with E-state index in [0.717, 1.165) is 23.7 Å². The molecule has 0 aliphatic heterocycles. The van der Waals surface area contributed by atoms with E-state index in [4.69, 9.17) is 0 Å². The SMILES string of the molecule is CC1CCC(C(=O)C2CC3CC3C2)CC1C. The second-order valence-electron chi connectivity index (χ2n) is 6.79. The van der Waals surface area contributed by atoms with Crippen LogP contribution in [0.15, 0.2) is 0 Å². The number of fused-ring (bicyclic) bond motifs is 1. The summed E-state index contributed by atoms with van der Waals surface area (Å²) in [7, 11) is 0. The van der Waals surface area contributed by atoms with Crippen LogP contribution in [0, 0.1) is 35.5 Å². The minimum Gasteiger partial charge on any atom is -0.299 e. The molecule has 0 N–H and O–H groups in total. The lowest BCUT2D eigenvalue weighted by Gasteiger charge is -2.32. The molecule has 0 aromatic carbocycles. The number of hydrogen-bond acceptors (Lipinski definition) is 1. The first-order chi connectivity index (χ1) is 7.65. The van der Waals surface area contributed by atoms with Crippen LogP contribution in [0.3, 0.4) is 0 Å². The van der Waals surface area contributed by atoms with Gasteiger partial charge in [-0.15, -0.1) is 0 Å². The molecule has 3 rings (SSSR count). The number of ketones is 1. The van der Waals surface area contributed by atoms with Gasteiger partial charge in [0.15, 0.2) is 0 Å². The lowest BCUT2D eigenvalue weighted by atomic mass is 9.72. The van der Waals surface area contributed by atoms with E-state index in [0.29, 0.717) is 17.6 Å². The molecule has 0 bridgehead atoms. The highest BCUT2D eigenvalue weighted by Gasteiger charge is 2.49. The molecule has 0 amide bonds. The van der Waals surface area contributed by atoms with Gasteiger partial charge in [0, 0.05) is 11.8 Å². The second-order valence-corrected chi connectivity index (χ2v) is 6.79. The number of rotatable bonds is 2. The Morgan fingerprint density at radius 1 is 0.812 bits per heavy atom. The van der Waals surface area contributed by atoms with Crippen molar-refractivity contribution in [2.45, 2.75) is 52.4 Å². The minimum absolute atomic E-state index is 0.425. The molecule has 0 saturated heterocycles. The van der Waals surface area contributed by atoms with Crippen molar-refractivity contribution < 1.29 is 4.79 Å². The molecule has 5 unspecified atom stereocenters. The van der Waals surface area contributed by atoms with Crippen molar-refractivity contribution in [3.63, 3.8) is 0 Å². The van der Waals surface area contributed by atoms with Gasteiger partial charge in [0.25, 0.3) is 0 Å². The Hall–Kier alpha value is -0.330. The maximum absolute atomic E-state index is 12.4. The Balaban J connectivity index is 1.58. The van der Waals surface area contributed by atoms with E-state index in [2.05, 4.69) is 13.8 Å². The zero-order valence-electron chi connectivity index (χ0n) is 10.6. The van der Waals surface area contributed by atoms with E-state index in [1.165, 1.54) is 38.5 Å². The highest BCUT2D eigenvalue weighted by molar-refractivity contribution is 5.84. The van der Waals surface area contributed by atoms with E-state index < -0.39 is 0 Å². The predicted octanol–water partition coefficient (Wildman–Crippen LogP) is 3.67. The molecule has 1 heteroatoms. The normalized spacial score (nSPS) is 51.1. The van der Waals surface area contributed by atoms with Crippen molar-refractivity contribution >= 4 is 5.78 Å². The highest BCUT2D eigenvalue weighted by Crippen LogP contribution is 2.55. The fraction of sp³-hybridized carbons (Fsp3) is 0.933. The fourth-order valence-corrected chi connectivity index (χ4v) is 4.09. The van der Waals surface area contributed by atoms with Crippen LogP contribution in [0.1, 0.15) is 52.4 Å². The third-order valence-corrected chi connectivity index (χ3v) is 5.65. The van der Waals surface area contributed by atoms with Gasteiger partial charge in [-0.3, -0.25) is 4.79 Å². The van der Waals surface area contributed by atoms with E-state index in [1.807, 2.05) is 0 Å². The average Bonchev–Trinajstić information content (AvgIpc) is 2.89. The number of Topliss-reactive ketones (excluding diaryl/α,β-unsaturated/α-hetero) is 1. The van der Waals surface area contributed by atoms with Crippen molar-refractivity contribution in [1.82, 2.24) is 0 Å². The van der Waals surface area contributed by atoms with Crippen LogP contribution in [0.25, 0.3) is 0 Å². The molecule has 90 valence electrons. The summed E-state index contributed by atoms with van der Waals surface area (Å²) in [6.45, 7) is 4.67. The first-order valence-corrected chi connectivity index (χ1v) is 7.19. The van der Waals surface area contributed by atoms with Crippen molar-refractivity contribution in [1.29, 1.82) is 0 Å². The van der Waals surface area contributed by atoms with Crippen LogP contribution in [-0.4, -0.2) is 5.78 Å². The first-order valence-electron chi connectivity index (χ1n) is 7.19. The smallest absolute Gasteiger partial charge is 0.139 e. The van der Waals surface area contributed by atoms with E-state index in [9.17, 15) is 4.79 Å². The van der Waals surface area contributed by atoms with Crippen molar-refractivity contribution in [3.05, 3.63) is 0 Å². The quantitative estimate of drug-likeness (QED) is 0.694. The van der Waals surface area contributed by atoms with Crippen molar-refractivity contribution in [3.8, 4) is 0 Å². The third kappa shape index (κ3) is 1.83. The zero-order chi connectivity index (χ0) is 11.3. The lowest BCUT2D eigenvalue weighted by molar-refractivity contribution is -0.128. The zero-order valence-corrected chi connectivity index (χ0v) is 10.6. The molecule has 0 radical (unpaired) electrons. The Morgan fingerprint density at radius 3 is 2.12 bits per heavy atom. The van der Waals surface area contributed by atoms with Gasteiger partial charge in [-0.05, 0) is 62.2 Å². The van der Waals surface area contributed by atoms with Gasteiger partial charge in [0.1, 0.15) is 5.78 Å². The van der Waals surface area contributed by atoms with Crippen LogP contribution < -0.4 is 0 Å². The van der Waals surface area contributed by atoms with Crippen molar-refractivity contribution in [2.75, 3.05) is 0 Å². The van der Waals surface area contributed by atoms with Crippen molar-refractivity contribution in [2.24, 2.45) is 35.5 Å². The minimum atomic E-state index is 0.425. The maximum Gasteiger partial charge on any atom is 0.139 e. The Morgan fingerprint density at radius 2 is 1.50 bits per heavy atom. The third-order valence-electron chi connectivity index (χ3n) is 5.65. The Kier molecular flexibility index (Phi) is 2.60. The molecule has 3 fully saturated rings. The van der Waals surface area contributed by atoms with Crippen LogP contribution in [0.4, 0.5) is 0 Å². The van der Waals surface area contributed by atoms with Gasteiger partial charge in [0.05, 0.1) is 0 Å². The molecular formula is C15H24O. The highest BCUT2D eigenvalue weighted by atomic mass is 16.1. The predicted molar refractivity (Wildman–Crippen MR) is 65.0 cm³/mol. The first kappa shape index (κ1) is 10.8. The molecule has 3 saturated carbocycles. The van der Waals surface area contributed by atoms with Gasteiger partial charge in [-0.2, -0.15) is 0 Å². The van der Waals surface area contributed by atoms with Crippen LogP contribution in [-0.2, 0) is 4.79 Å². The van der Waals surface area contributed by atoms with Crippen LogP contribution >= 0.6 is 0 Å². The largest absolute Gasteiger partial charge is 0.299 e. The summed E-state index contributed by atoms with van der Waals surface area (Å²) in [5.41, 5.74) is 0. The lowest BCUT2D eigenvalue weighted by Crippen LogP contribution is -2.30. The molecule has 16 heavy (non-hydrogen) atoms. The van der Waals surface area contributed by atoms with Crippen LogP contribution in [0.2, 0.25) is 0 Å². The molecule has 0 aromatic rings. The molecule has 0 aromatic heterocycles. The van der Waals surface area contributed by atoms with E-state index >= 15 is 0 Å². The summed E-state index contributed by atoms with van der Waals surface area (Å²) in [6, 6.07) is 0. The molecular weight excluding hydrogens is 196 g/mol. The number of carbonyl (C=O) groups is 1. The van der Waals surface area contributed by atoms with Gasteiger partial charge < -0.3 is 0 Å². The second kappa shape index (κ2) is 3.85. The summed E-state index contributed by atoms with van der Waals surface area (Å²) in [6.07, 6.45) is 7.54. The van der Waals surface area contributed by atoms with Gasteiger partial charge >= 0.3 is 0 Å². The summed E-state index contributed by atoms with van der Waals surface area (Å²) in [5.74, 6) is 5.04. The maximum atomic E-state index is 12.4. The summed E-state index contributed by atoms with van der Waals surface area (Å²) >= 11 is 0. The topological polar surface area (TPSA) is 17.1 Å². The Bertz CT molecular complexity index is 286. The number of hydrogen-bond donors (Lipinski definition) is 0. The molecule has 5 atom stereocenters. The summed E-state index contributed by atoms with van der Waals surface area (Å²) < 4.78 is 0. The van der Waals surface area contributed by atoms with Gasteiger partial charge in [0.2, 0.25) is 0 Å². The summed E-state index contributed by atoms with van der Waals surface area (Å²) in [5, 5.41) is 0. The fourth-order valence-electron chi connectivity index (χ4n) is 4.09. The van der Waals surface area contributed by atoms with Gasteiger partial charge in [-0.1, -0.05) is 13.8 Å². The van der Waals surface area contributed by atoms with E-state index in [-0.39, 0.29) is 0 Å². The van der Waals surface area contributed by atoms with Crippen LogP contribution in [0.5, 0.6) is 0 Å². The molecule has 0 heterocycles. The monoisotopic (exact) mass is 220 g/mol. The summed E-state index contributed by atoms with van der Waals surface area (Å²) in [4.78, 5) is 12.4. The Labute approximate surface area is 99.0 Å². The number of carbonyl (C=O) groups excluding carboxylic acids is 1. The van der Waals surface area contributed by atoms with Gasteiger partial charge in [-0.25, -0.2) is 0 Å². The standard InChI is InChI=1S/C15H24O/c1-9-3-4-11(5-10(9)2)15(16)14-7-12-6-13(12)8-14/h9-14H,3-8H2,1-2H3. The average molecular weight is 220 g/mol. The van der Waals surface area contributed by atoms with E-state index in [1.54, 1.807) is 0 Å². The molecule has 3 aliphatic rings.